The summed E-state index contributed by atoms with van der Waals surface area (Å²) in [6.45, 7) is 0. The SMILES string of the molecule is Nc1ccc(S(=O)(=O)NC(=Cc2ccc(O)c(O)c2)C(=O)c2ccccc2)cc1. The number of nitrogens with one attached hydrogen (secondary N) is 1. The quantitative estimate of drug-likeness (QED) is 0.214. The van der Waals surface area contributed by atoms with Gasteiger partial charge in [-0.05, 0) is 48.0 Å². The monoisotopic (exact) mass is 410 g/mol. The van der Waals surface area contributed by atoms with E-state index in [1.54, 1.807) is 30.3 Å². The Balaban J connectivity index is 2.04. The summed E-state index contributed by atoms with van der Waals surface area (Å²) in [6, 6.07) is 17.6. The van der Waals surface area contributed by atoms with Gasteiger partial charge in [-0.15, -0.1) is 0 Å². The number of hydrogen-bond acceptors (Lipinski definition) is 6. The van der Waals surface area contributed by atoms with E-state index in [9.17, 15) is 23.4 Å². The van der Waals surface area contributed by atoms with Gasteiger partial charge < -0.3 is 15.9 Å². The number of phenols is 2. The normalized spacial score (nSPS) is 11.8. The van der Waals surface area contributed by atoms with Crippen LogP contribution in [-0.4, -0.2) is 24.4 Å². The maximum absolute atomic E-state index is 12.9. The number of ketones is 1. The zero-order valence-electron chi connectivity index (χ0n) is 15.1. The predicted molar refractivity (Wildman–Crippen MR) is 110 cm³/mol. The molecule has 7 nitrogen and oxygen atoms in total. The van der Waals surface area contributed by atoms with Crippen molar-refractivity contribution in [2.75, 3.05) is 5.73 Å². The first-order valence-electron chi connectivity index (χ1n) is 8.48. The number of benzene rings is 3. The second kappa shape index (κ2) is 8.07. The summed E-state index contributed by atoms with van der Waals surface area (Å²) in [6.07, 6.45) is 1.28. The van der Waals surface area contributed by atoms with Crippen LogP contribution in [0.25, 0.3) is 6.08 Å². The second-order valence-corrected chi connectivity index (χ2v) is 7.86. The molecule has 8 heteroatoms. The van der Waals surface area contributed by atoms with Crippen LogP contribution in [0.5, 0.6) is 11.5 Å². The van der Waals surface area contributed by atoms with Crippen LogP contribution in [-0.2, 0) is 10.0 Å². The number of phenolic OH excluding ortho intramolecular Hbond substituents is 2. The fourth-order valence-electron chi connectivity index (χ4n) is 2.53. The summed E-state index contributed by atoms with van der Waals surface area (Å²) in [7, 11) is -4.07. The van der Waals surface area contributed by atoms with Gasteiger partial charge in [0.25, 0.3) is 10.0 Å². The maximum atomic E-state index is 12.9. The van der Waals surface area contributed by atoms with Gasteiger partial charge in [0.1, 0.15) is 0 Å². The minimum atomic E-state index is -4.07. The molecule has 0 fully saturated rings. The lowest BCUT2D eigenvalue weighted by atomic mass is 10.1. The van der Waals surface area contributed by atoms with Gasteiger partial charge in [-0.1, -0.05) is 36.4 Å². The molecule has 3 aromatic rings. The number of rotatable bonds is 6. The zero-order chi connectivity index (χ0) is 21.0. The largest absolute Gasteiger partial charge is 0.504 e. The molecule has 0 amide bonds. The first kappa shape index (κ1) is 20.0. The summed E-state index contributed by atoms with van der Waals surface area (Å²) in [4.78, 5) is 12.9. The van der Waals surface area contributed by atoms with E-state index < -0.39 is 21.6 Å². The highest BCUT2D eigenvalue weighted by Gasteiger charge is 2.21. The highest BCUT2D eigenvalue weighted by molar-refractivity contribution is 7.89. The molecule has 0 saturated heterocycles. The molecule has 0 bridgehead atoms. The predicted octanol–water partition coefficient (Wildman–Crippen LogP) is 2.88. The second-order valence-electron chi connectivity index (χ2n) is 6.18. The summed E-state index contributed by atoms with van der Waals surface area (Å²) in [5, 5.41) is 19.2. The molecule has 0 aromatic heterocycles. The molecule has 0 aliphatic rings. The summed E-state index contributed by atoms with van der Waals surface area (Å²) >= 11 is 0. The molecule has 0 spiro atoms. The Kier molecular flexibility index (Phi) is 5.56. The van der Waals surface area contributed by atoms with Gasteiger partial charge in [0, 0.05) is 11.3 Å². The average Bonchev–Trinajstić information content (AvgIpc) is 2.70. The van der Waals surface area contributed by atoms with Crippen LogP contribution in [0.4, 0.5) is 5.69 Å². The van der Waals surface area contributed by atoms with Crippen LogP contribution >= 0.6 is 0 Å². The molecule has 5 N–H and O–H groups in total. The number of anilines is 1. The molecule has 0 saturated carbocycles. The minimum absolute atomic E-state index is 0.0629. The van der Waals surface area contributed by atoms with Crippen molar-refractivity contribution in [2.45, 2.75) is 4.90 Å². The first-order valence-corrected chi connectivity index (χ1v) is 9.96. The Labute approximate surface area is 167 Å². The summed E-state index contributed by atoms with van der Waals surface area (Å²) in [5.41, 5.74) is 6.38. The van der Waals surface area contributed by atoms with Crippen LogP contribution in [0.1, 0.15) is 15.9 Å². The Morgan fingerprint density at radius 2 is 1.55 bits per heavy atom. The van der Waals surface area contributed by atoms with Gasteiger partial charge in [-0.2, -0.15) is 0 Å². The van der Waals surface area contributed by atoms with Crippen molar-refractivity contribution in [1.29, 1.82) is 0 Å². The van der Waals surface area contributed by atoms with Gasteiger partial charge in [0.05, 0.1) is 10.6 Å². The zero-order valence-corrected chi connectivity index (χ0v) is 15.9. The number of nitrogen functional groups attached to an aromatic ring is 1. The first-order chi connectivity index (χ1) is 13.8. The molecular weight excluding hydrogens is 392 g/mol. The van der Waals surface area contributed by atoms with Gasteiger partial charge in [0.2, 0.25) is 5.78 Å². The van der Waals surface area contributed by atoms with E-state index in [-0.39, 0.29) is 21.9 Å². The molecular formula is C21H18N2O5S. The highest BCUT2D eigenvalue weighted by atomic mass is 32.2. The van der Waals surface area contributed by atoms with E-state index in [1.165, 1.54) is 48.5 Å². The third kappa shape index (κ3) is 4.74. The standard InChI is InChI=1S/C21H18N2O5S/c22-16-7-9-17(10-8-16)29(27,28)23-18(21(26)15-4-2-1-3-5-15)12-14-6-11-19(24)20(25)13-14/h1-13,23-25H,22H2. The maximum Gasteiger partial charge on any atom is 0.262 e. The molecule has 0 aliphatic heterocycles. The number of carbonyl (C=O) groups is 1. The van der Waals surface area contributed by atoms with Crippen molar-refractivity contribution >= 4 is 27.6 Å². The average molecular weight is 410 g/mol. The lowest BCUT2D eigenvalue weighted by Gasteiger charge is -2.12. The van der Waals surface area contributed by atoms with Crippen molar-refractivity contribution in [1.82, 2.24) is 4.72 Å². The Hall–Kier alpha value is -3.78. The molecule has 29 heavy (non-hydrogen) atoms. The van der Waals surface area contributed by atoms with Crippen LogP contribution in [0, 0.1) is 0 Å². The number of carbonyl (C=O) groups excluding carboxylic acids is 1. The van der Waals surface area contributed by atoms with E-state index in [0.717, 1.165) is 0 Å². The lowest BCUT2D eigenvalue weighted by Crippen LogP contribution is -2.27. The van der Waals surface area contributed by atoms with Gasteiger partial charge in [-0.25, -0.2) is 8.42 Å². The molecule has 0 heterocycles. The van der Waals surface area contributed by atoms with Crippen LogP contribution in [0.15, 0.2) is 83.4 Å². The molecule has 3 aromatic carbocycles. The van der Waals surface area contributed by atoms with E-state index in [0.29, 0.717) is 11.3 Å². The van der Waals surface area contributed by atoms with Gasteiger partial charge >= 0.3 is 0 Å². The van der Waals surface area contributed by atoms with Gasteiger partial charge in [0.15, 0.2) is 11.5 Å². The fraction of sp³-hybridized carbons (Fsp3) is 0. The Bertz CT molecular complexity index is 1170. The van der Waals surface area contributed by atoms with Crippen LogP contribution in [0.2, 0.25) is 0 Å². The van der Waals surface area contributed by atoms with E-state index in [4.69, 9.17) is 5.73 Å². The third-order valence-corrected chi connectivity index (χ3v) is 5.41. The van der Waals surface area contributed by atoms with Crippen molar-refractivity contribution < 1.29 is 23.4 Å². The molecule has 0 atom stereocenters. The van der Waals surface area contributed by atoms with E-state index in [2.05, 4.69) is 4.72 Å². The Morgan fingerprint density at radius 1 is 0.897 bits per heavy atom. The fourth-order valence-corrected chi connectivity index (χ4v) is 3.59. The number of hydrogen-bond donors (Lipinski definition) is 4. The summed E-state index contributed by atoms with van der Waals surface area (Å²) < 4.78 is 27.8. The minimum Gasteiger partial charge on any atom is -0.504 e. The van der Waals surface area contributed by atoms with E-state index in [1.807, 2.05) is 0 Å². The lowest BCUT2D eigenvalue weighted by molar-refractivity contribution is 0.103. The number of nitrogens with two attached hydrogens (primary N) is 1. The number of allylic oxidation sites excluding steroid dienone is 1. The summed E-state index contributed by atoms with van der Waals surface area (Å²) in [5.74, 6) is -1.29. The number of sulfonamides is 1. The molecule has 0 aliphatic carbocycles. The highest BCUT2D eigenvalue weighted by Crippen LogP contribution is 2.26. The topological polar surface area (TPSA) is 130 Å². The third-order valence-electron chi connectivity index (χ3n) is 4.03. The van der Waals surface area contributed by atoms with Crippen LogP contribution < -0.4 is 10.5 Å². The van der Waals surface area contributed by atoms with Crippen molar-refractivity contribution in [3.63, 3.8) is 0 Å². The molecule has 0 radical (unpaired) electrons. The number of Topliss-reactive ketones (excluding diaryl/α,β-unsaturated/α-hetero) is 1. The van der Waals surface area contributed by atoms with Crippen molar-refractivity contribution in [2.24, 2.45) is 0 Å². The molecule has 148 valence electrons. The van der Waals surface area contributed by atoms with Crippen LogP contribution in [0.3, 0.4) is 0 Å². The number of aromatic hydroxyl groups is 2. The van der Waals surface area contributed by atoms with Gasteiger partial charge in [-0.3, -0.25) is 9.52 Å². The van der Waals surface area contributed by atoms with E-state index >= 15 is 0 Å². The van der Waals surface area contributed by atoms with Crippen molar-refractivity contribution in [3.8, 4) is 11.5 Å². The van der Waals surface area contributed by atoms with Crippen molar-refractivity contribution in [3.05, 3.63) is 89.6 Å². The molecule has 3 rings (SSSR count). The Morgan fingerprint density at radius 3 is 2.17 bits per heavy atom. The molecule has 0 unspecified atom stereocenters. The smallest absolute Gasteiger partial charge is 0.262 e.